The lowest BCUT2D eigenvalue weighted by molar-refractivity contribution is 0.415. The molecule has 5 heteroatoms. The number of aliphatic hydroxyl groups excluding tert-OH is 1. The van der Waals surface area contributed by atoms with E-state index in [0.717, 1.165) is 53.5 Å². The highest BCUT2D eigenvalue weighted by molar-refractivity contribution is 5.96. The maximum absolute atomic E-state index is 9.77. The van der Waals surface area contributed by atoms with Gasteiger partial charge >= 0.3 is 0 Å². The molecule has 0 aliphatic carbocycles. The molecule has 1 saturated heterocycles. The van der Waals surface area contributed by atoms with Gasteiger partial charge in [0.1, 0.15) is 5.76 Å². The lowest BCUT2D eigenvalue weighted by Crippen LogP contribution is -2.25. The largest absolute Gasteiger partial charge is 0.508 e. The van der Waals surface area contributed by atoms with Crippen LogP contribution < -0.4 is 20.3 Å². The molecule has 0 amide bonds. The molecule has 3 N–H and O–H groups in total. The first kappa shape index (κ1) is 17.4. The Balaban J connectivity index is 2.02. The maximum Gasteiger partial charge on any atom is 0.166 e. The van der Waals surface area contributed by atoms with Crippen LogP contribution in [0.2, 0.25) is 0 Å². The minimum atomic E-state index is 0.0123. The molecular weight excluding hydrogens is 314 g/mol. The topological polar surface area (TPSA) is 56.8 Å². The van der Waals surface area contributed by atoms with Gasteiger partial charge in [-0.2, -0.15) is 0 Å². The third-order valence-electron chi connectivity index (χ3n) is 5.07. The van der Waals surface area contributed by atoms with E-state index in [1.165, 1.54) is 6.42 Å². The third-order valence-corrected chi connectivity index (χ3v) is 5.07. The van der Waals surface area contributed by atoms with E-state index in [1.807, 2.05) is 7.05 Å². The number of fused-ring (bicyclic) bond motifs is 1. The molecule has 1 aromatic carbocycles. The SMILES string of the molecule is C=C(O)C1=CNc2c(cc(C)c(N3CC[C@@H](CNC)C3)c2OC)C1=C. The summed E-state index contributed by atoms with van der Waals surface area (Å²) in [6, 6.07) is 2.11. The number of allylic oxidation sites excluding steroid dienone is 1. The Hall–Kier alpha value is -2.40. The molecule has 0 radical (unpaired) electrons. The van der Waals surface area contributed by atoms with Crippen LogP contribution in [0.15, 0.2) is 36.8 Å². The molecule has 25 heavy (non-hydrogen) atoms. The van der Waals surface area contributed by atoms with Gasteiger partial charge in [-0.3, -0.25) is 0 Å². The quantitative estimate of drug-likeness (QED) is 0.716. The molecule has 0 unspecified atom stereocenters. The Morgan fingerprint density at radius 2 is 2.28 bits per heavy atom. The van der Waals surface area contributed by atoms with Gasteiger partial charge in [0, 0.05) is 30.4 Å². The van der Waals surface area contributed by atoms with Crippen LogP contribution in [0.3, 0.4) is 0 Å². The zero-order valence-corrected chi connectivity index (χ0v) is 15.3. The number of aryl methyl sites for hydroxylation is 1. The van der Waals surface area contributed by atoms with Gasteiger partial charge in [0.2, 0.25) is 0 Å². The van der Waals surface area contributed by atoms with Crippen molar-refractivity contribution in [2.45, 2.75) is 13.3 Å². The standard InChI is InChI=1S/C20H27N3O2/c1-12-8-16-13(2)17(14(3)24)10-22-18(16)20(25-5)19(12)23-7-6-15(11-23)9-21-4/h8,10,15,21-22,24H,2-3,6-7,9,11H2,1,4-5H3/t15-/m0/s1. The predicted octanol–water partition coefficient (Wildman–Crippen LogP) is 3.44. The Kier molecular flexibility index (Phi) is 4.77. The van der Waals surface area contributed by atoms with Crippen molar-refractivity contribution < 1.29 is 9.84 Å². The van der Waals surface area contributed by atoms with E-state index in [1.54, 1.807) is 13.3 Å². The van der Waals surface area contributed by atoms with Crippen LogP contribution in [0.4, 0.5) is 11.4 Å². The van der Waals surface area contributed by atoms with E-state index in [4.69, 9.17) is 4.74 Å². The van der Waals surface area contributed by atoms with Gasteiger partial charge in [0.05, 0.1) is 18.5 Å². The van der Waals surface area contributed by atoms with Crippen molar-refractivity contribution in [3.8, 4) is 5.75 Å². The molecule has 2 aliphatic heterocycles. The van der Waals surface area contributed by atoms with Crippen LogP contribution in [0.1, 0.15) is 17.5 Å². The molecule has 1 atom stereocenters. The molecule has 0 spiro atoms. The molecule has 0 aromatic heterocycles. The normalized spacial score (nSPS) is 19.3. The second-order valence-corrected chi connectivity index (χ2v) is 6.78. The molecule has 0 saturated carbocycles. The first-order chi connectivity index (χ1) is 12.0. The molecule has 2 aliphatic rings. The first-order valence-corrected chi connectivity index (χ1v) is 8.63. The van der Waals surface area contributed by atoms with Crippen molar-refractivity contribution in [3.05, 3.63) is 47.9 Å². The van der Waals surface area contributed by atoms with Crippen LogP contribution in [0, 0.1) is 12.8 Å². The monoisotopic (exact) mass is 341 g/mol. The lowest BCUT2D eigenvalue weighted by Gasteiger charge is -2.29. The fourth-order valence-corrected chi connectivity index (χ4v) is 3.87. The highest BCUT2D eigenvalue weighted by Crippen LogP contribution is 2.47. The average molecular weight is 341 g/mol. The fraction of sp³-hybridized carbons (Fsp3) is 0.400. The van der Waals surface area contributed by atoms with Crippen molar-refractivity contribution in [1.29, 1.82) is 0 Å². The van der Waals surface area contributed by atoms with Crippen LogP contribution >= 0.6 is 0 Å². The minimum absolute atomic E-state index is 0.0123. The summed E-state index contributed by atoms with van der Waals surface area (Å²) >= 11 is 0. The first-order valence-electron chi connectivity index (χ1n) is 8.63. The van der Waals surface area contributed by atoms with E-state index in [9.17, 15) is 5.11 Å². The molecule has 1 fully saturated rings. The Labute approximate surface area is 149 Å². The van der Waals surface area contributed by atoms with Crippen molar-refractivity contribution in [1.82, 2.24) is 5.32 Å². The average Bonchev–Trinajstić information content (AvgIpc) is 3.02. The zero-order valence-electron chi connectivity index (χ0n) is 15.3. The summed E-state index contributed by atoms with van der Waals surface area (Å²) in [5, 5.41) is 16.3. The Bertz CT molecular complexity index is 752. The van der Waals surface area contributed by atoms with E-state index < -0.39 is 0 Å². The van der Waals surface area contributed by atoms with Gasteiger partial charge in [-0.05, 0) is 50.1 Å². The minimum Gasteiger partial charge on any atom is -0.508 e. The summed E-state index contributed by atoms with van der Waals surface area (Å²) in [6.45, 7) is 12.9. The molecule has 1 aromatic rings. The van der Waals surface area contributed by atoms with Gasteiger partial charge in [0.15, 0.2) is 5.75 Å². The van der Waals surface area contributed by atoms with Gasteiger partial charge < -0.3 is 25.4 Å². The van der Waals surface area contributed by atoms with Gasteiger partial charge in [-0.1, -0.05) is 13.2 Å². The van der Waals surface area contributed by atoms with Crippen LogP contribution in [-0.4, -0.2) is 38.9 Å². The highest BCUT2D eigenvalue weighted by atomic mass is 16.5. The van der Waals surface area contributed by atoms with E-state index in [0.29, 0.717) is 11.5 Å². The second kappa shape index (κ2) is 6.84. The summed E-state index contributed by atoms with van der Waals surface area (Å²) in [6.07, 6.45) is 2.91. The second-order valence-electron chi connectivity index (χ2n) is 6.78. The molecular formula is C20H27N3O2. The van der Waals surface area contributed by atoms with Gasteiger partial charge in [-0.25, -0.2) is 0 Å². The van der Waals surface area contributed by atoms with Crippen LogP contribution in [0.25, 0.3) is 5.57 Å². The summed E-state index contributed by atoms with van der Waals surface area (Å²) in [5.41, 5.74) is 5.50. The maximum atomic E-state index is 9.77. The number of nitrogens with one attached hydrogen (secondary N) is 2. The van der Waals surface area contributed by atoms with E-state index in [2.05, 4.69) is 41.7 Å². The molecule has 0 bridgehead atoms. The highest BCUT2D eigenvalue weighted by Gasteiger charge is 2.30. The predicted molar refractivity (Wildman–Crippen MR) is 104 cm³/mol. The van der Waals surface area contributed by atoms with Crippen molar-refractivity contribution >= 4 is 16.9 Å². The number of aliphatic hydroxyl groups is 1. The van der Waals surface area contributed by atoms with Gasteiger partial charge in [0.25, 0.3) is 0 Å². The number of ether oxygens (including phenoxy) is 1. The molecule has 3 rings (SSSR count). The van der Waals surface area contributed by atoms with Crippen LogP contribution in [0.5, 0.6) is 5.75 Å². The number of hydrogen-bond donors (Lipinski definition) is 3. The number of anilines is 2. The summed E-state index contributed by atoms with van der Waals surface area (Å²) in [4.78, 5) is 2.41. The molecule has 2 heterocycles. The smallest absolute Gasteiger partial charge is 0.166 e. The van der Waals surface area contributed by atoms with Crippen molar-refractivity contribution in [2.75, 3.05) is 44.0 Å². The van der Waals surface area contributed by atoms with Crippen molar-refractivity contribution in [2.24, 2.45) is 5.92 Å². The van der Waals surface area contributed by atoms with Crippen molar-refractivity contribution in [3.63, 3.8) is 0 Å². The number of rotatable bonds is 5. The van der Waals surface area contributed by atoms with E-state index >= 15 is 0 Å². The summed E-state index contributed by atoms with van der Waals surface area (Å²) in [5.74, 6) is 1.50. The van der Waals surface area contributed by atoms with E-state index in [-0.39, 0.29) is 5.76 Å². The van der Waals surface area contributed by atoms with Crippen LogP contribution in [-0.2, 0) is 0 Å². The number of benzene rings is 1. The summed E-state index contributed by atoms with van der Waals surface area (Å²) in [7, 11) is 3.70. The zero-order chi connectivity index (χ0) is 18.1. The number of nitrogens with zero attached hydrogens (tertiary/aromatic N) is 1. The summed E-state index contributed by atoms with van der Waals surface area (Å²) < 4.78 is 5.80. The number of hydrogen-bond acceptors (Lipinski definition) is 5. The molecule has 134 valence electrons. The Morgan fingerprint density at radius 1 is 1.52 bits per heavy atom. The Morgan fingerprint density at radius 3 is 2.92 bits per heavy atom. The van der Waals surface area contributed by atoms with Gasteiger partial charge in [-0.15, -0.1) is 0 Å². The lowest BCUT2D eigenvalue weighted by atomic mass is 9.92. The fourth-order valence-electron chi connectivity index (χ4n) is 3.87. The molecule has 5 nitrogen and oxygen atoms in total. The number of methoxy groups -OCH3 is 1. The third kappa shape index (κ3) is 3.00.